The molecule has 2 N–H and O–H groups in total. The normalized spacial score (nSPS) is 12.0. The van der Waals surface area contributed by atoms with Crippen molar-refractivity contribution in [3.63, 3.8) is 0 Å². The number of hydrogen-bond donors (Lipinski definition) is 2. The van der Waals surface area contributed by atoms with Crippen LogP contribution in [0.4, 0.5) is 5.69 Å². The van der Waals surface area contributed by atoms with Crippen molar-refractivity contribution >= 4 is 35.0 Å². The van der Waals surface area contributed by atoms with E-state index in [0.717, 1.165) is 16.1 Å². The van der Waals surface area contributed by atoms with Gasteiger partial charge in [-0.15, -0.1) is 11.8 Å². The molecule has 24 heavy (non-hydrogen) atoms. The molecule has 0 aromatic heterocycles. The zero-order chi connectivity index (χ0) is 17.4. The number of thioether (sulfide) groups is 1. The van der Waals surface area contributed by atoms with Gasteiger partial charge in [0.2, 0.25) is 5.91 Å². The van der Waals surface area contributed by atoms with E-state index in [1.165, 1.54) is 6.92 Å². The summed E-state index contributed by atoms with van der Waals surface area (Å²) in [6.45, 7) is 2.20. The number of amides is 1. The van der Waals surface area contributed by atoms with Gasteiger partial charge in [-0.25, -0.2) is 0 Å². The second-order valence-electron chi connectivity index (χ2n) is 5.31. The highest BCUT2D eigenvalue weighted by Crippen LogP contribution is 2.21. The summed E-state index contributed by atoms with van der Waals surface area (Å²) in [5, 5.41) is 13.4. The quantitative estimate of drug-likeness (QED) is 0.695. The van der Waals surface area contributed by atoms with Gasteiger partial charge >= 0.3 is 0 Å². The summed E-state index contributed by atoms with van der Waals surface area (Å²) in [7, 11) is 0. The van der Waals surface area contributed by atoms with E-state index in [2.05, 4.69) is 5.32 Å². The first-order chi connectivity index (χ1) is 11.5. The maximum Gasteiger partial charge on any atom is 0.221 e. The lowest BCUT2D eigenvalue weighted by molar-refractivity contribution is -0.114. The molecule has 6 heteroatoms. The molecular formula is C18H20ClNO3S. The molecule has 2 rings (SSSR count). The fourth-order valence-electron chi connectivity index (χ4n) is 1.97. The van der Waals surface area contributed by atoms with Crippen molar-refractivity contribution in [2.75, 3.05) is 17.7 Å². The molecule has 4 nitrogen and oxygen atoms in total. The Morgan fingerprint density at radius 1 is 1.21 bits per heavy atom. The molecule has 128 valence electrons. The van der Waals surface area contributed by atoms with Gasteiger partial charge in [0.15, 0.2) is 0 Å². The van der Waals surface area contributed by atoms with E-state index in [1.807, 2.05) is 48.5 Å². The predicted molar refractivity (Wildman–Crippen MR) is 98.6 cm³/mol. The van der Waals surface area contributed by atoms with E-state index >= 15 is 0 Å². The monoisotopic (exact) mass is 365 g/mol. The number of benzene rings is 2. The van der Waals surface area contributed by atoms with Crippen molar-refractivity contribution in [3.05, 3.63) is 59.1 Å². The van der Waals surface area contributed by atoms with Crippen LogP contribution in [0.3, 0.4) is 0 Å². The average Bonchev–Trinajstić information content (AvgIpc) is 2.55. The maximum absolute atomic E-state index is 11.0. The van der Waals surface area contributed by atoms with Crippen LogP contribution in [-0.2, 0) is 16.1 Å². The summed E-state index contributed by atoms with van der Waals surface area (Å²) >= 11 is 7.37. The van der Waals surface area contributed by atoms with Crippen LogP contribution in [0, 0.1) is 0 Å². The number of nitrogens with one attached hydrogen (secondary N) is 1. The molecule has 2 aromatic carbocycles. The Bertz CT molecular complexity index is 646. The third-order valence-electron chi connectivity index (χ3n) is 3.11. The summed E-state index contributed by atoms with van der Waals surface area (Å²) in [4.78, 5) is 12.0. The van der Waals surface area contributed by atoms with Crippen molar-refractivity contribution in [1.82, 2.24) is 0 Å². The minimum Gasteiger partial charge on any atom is -0.390 e. The molecule has 2 aromatic rings. The molecule has 0 spiro atoms. The van der Waals surface area contributed by atoms with E-state index in [4.69, 9.17) is 16.3 Å². The first-order valence-electron chi connectivity index (χ1n) is 7.53. The van der Waals surface area contributed by atoms with Crippen LogP contribution in [0.2, 0.25) is 5.02 Å². The highest BCUT2D eigenvalue weighted by Gasteiger charge is 2.06. The molecule has 0 saturated carbocycles. The van der Waals surface area contributed by atoms with Gasteiger partial charge in [0.05, 0.1) is 19.3 Å². The summed E-state index contributed by atoms with van der Waals surface area (Å²) in [5.74, 6) is 0.448. The molecule has 1 atom stereocenters. The fourth-order valence-corrected chi connectivity index (χ4v) is 2.91. The standard InChI is InChI=1S/C18H20ClNO3S/c1-13(21)20-16-6-8-18(9-7-16)24-12-17(22)11-23-10-14-2-4-15(19)5-3-14/h2-9,17,22H,10-12H2,1H3,(H,20,21)/t17-/m0/s1. The number of carbonyl (C=O) groups is 1. The number of anilines is 1. The molecular weight excluding hydrogens is 346 g/mol. The van der Waals surface area contributed by atoms with Crippen LogP contribution >= 0.6 is 23.4 Å². The van der Waals surface area contributed by atoms with E-state index in [-0.39, 0.29) is 12.5 Å². The lowest BCUT2D eigenvalue weighted by Gasteiger charge is -2.11. The third-order valence-corrected chi connectivity index (χ3v) is 4.52. The van der Waals surface area contributed by atoms with Gasteiger partial charge in [-0.3, -0.25) is 4.79 Å². The first-order valence-corrected chi connectivity index (χ1v) is 8.90. The minimum absolute atomic E-state index is 0.0938. The molecule has 0 aliphatic heterocycles. The Labute approximate surface area is 151 Å². The summed E-state index contributed by atoms with van der Waals surface area (Å²) in [6.07, 6.45) is -0.544. The number of halogens is 1. The number of ether oxygens (including phenoxy) is 1. The van der Waals surface area contributed by atoms with E-state index in [0.29, 0.717) is 17.4 Å². The average molecular weight is 366 g/mol. The maximum atomic E-state index is 11.0. The van der Waals surface area contributed by atoms with Crippen LogP contribution in [0.5, 0.6) is 0 Å². The second kappa shape index (κ2) is 9.69. The molecule has 0 aliphatic rings. The van der Waals surface area contributed by atoms with Crippen LogP contribution in [0.15, 0.2) is 53.4 Å². The zero-order valence-electron chi connectivity index (χ0n) is 13.4. The molecule has 0 aliphatic carbocycles. The highest BCUT2D eigenvalue weighted by molar-refractivity contribution is 7.99. The number of rotatable bonds is 8. The van der Waals surface area contributed by atoms with E-state index in [1.54, 1.807) is 11.8 Å². The SMILES string of the molecule is CC(=O)Nc1ccc(SC[C@@H](O)COCc2ccc(Cl)cc2)cc1. The Balaban J connectivity index is 1.68. The lowest BCUT2D eigenvalue weighted by Crippen LogP contribution is -2.17. The van der Waals surface area contributed by atoms with Crippen LogP contribution < -0.4 is 5.32 Å². The van der Waals surface area contributed by atoms with Gasteiger partial charge in [0, 0.05) is 28.3 Å². The topological polar surface area (TPSA) is 58.6 Å². The zero-order valence-corrected chi connectivity index (χ0v) is 14.9. The van der Waals surface area contributed by atoms with E-state index < -0.39 is 6.10 Å². The van der Waals surface area contributed by atoms with Gasteiger partial charge < -0.3 is 15.2 Å². The third kappa shape index (κ3) is 6.93. The van der Waals surface area contributed by atoms with Gasteiger partial charge in [0.1, 0.15) is 0 Å². The summed E-state index contributed by atoms with van der Waals surface area (Å²) < 4.78 is 5.52. The fraction of sp³-hybridized carbons (Fsp3) is 0.278. The van der Waals surface area contributed by atoms with Crippen molar-refractivity contribution < 1.29 is 14.6 Å². The molecule has 0 fully saturated rings. The summed E-state index contributed by atoms with van der Waals surface area (Å²) in [6, 6.07) is 14.9. The highest BCUT2D eigenvalue weighted by atomic mass is 35.5. The largest absolute Gasteiger partial charge is 0.390 e. The molecule has 0 bridgehead atoms. The second-order valence-corrected chi connectivity index (χ2v) is 6.84. The smallest absolute Gasteiger partial charge is 0.221 e. The van der Waals surface area contributed by atoms with Gasteiger partial charge in [-0.05, 0) is 42.0 Å². The number of carbonyl (C=O) groups excluding carboxylic acids is 1. The van der Waals surface area contributed by atoms with Crippen molar-refractivity contribution in [3.8, 4) is 0 Å². The Morgan fingerprint density at radius 2 is 1.88 bits per heavy atom. The number of aliphatic hydroxyl groups is 1. The molecule has 1 amide bonds. The van der Waals surface area contributed by atoms with Gasteiger partial charge in [-0.1, -0.05) is 23.7 Å². The number of hydrogen-bond acceptors (Lipinski definition) is 4. The minimum atomic E-state index is -0.544. The Morgan fingerprint density at radius 3 is 2.50 bits per heavy atom. The van der Waals surface area contributed by atoms with Crippen molar-refractivity contribution in [2.45, 2.75) is 24.5 Å². The van der Waals surface area contributed by atoms with Gasteiger partial charge in [-0.2, -0.15) is 0 Å². The number of aliphatic hydroxyl groups excluding tert-OH is 1. The lowest BCUT2D eigenvalue weighted by atomic mass is 10.2. The van der Waals surface area contributed by atoms with Crippen molar-refractivity contribution in [2.24, 2.45) is 0 Å². The predicted octanol–water partition coefficient (Wildman–Crippen LogP) is 3.97. The van der Waals surface area contributed by atoms with Crippen LogP contribution in [0.25, 0.3) is 0 Å². The Kier molecular flexibility index (Phi) is 7.59. The van der Waals surface area contributed by atoms with Crippen LogP contribution in [-0.4, -0.2) is 29.5 Å². The van der Waals surface area contributed by atoms with Gasteiger partial charge in [0.25, 0.3) is 0 Å². The Hall–Kier alpha value is -1.53. The molecule has 0 unspecified atom stereocenters. The van der Waals surface area contributed by atoms with Crippen LogP contribution in [0.1, 0.15) is 12.5 Å². The first kappa shape index (κ1) is 18.8. The molecule has 0 saturated heterocycles. The van der Waals surface area contributed by atoms with Crippen molar-refractivity contribution in [1.29, 1.82) is 0 Å². The van der Waals surface area contributed by atoms with E-state index in [9.17, 15) is 9.90 Å². The molecule has 0 radical (unpaired) electrons. The molecule has 0 heterocycles. The summed E-state index contributed by atoms with van der Waals surface area (Å²) in [5.41, 5.74) is 1.78.